The Labute approximate surface area is 204 Å². The molecule has 0 saturated carbocycles. The molecular formula is C23H29FIN5O2. The van der Waals surface area contributed by atoms with Crippen molar-refractivity contribution in [2.45, 2.75) is 19.9 Å². The third kappa shape index (κ3) is 7.40. The van der Waals surface area contributed by atoms with Crippen LogP contribution in [0.3, 0.4) is 0 Å². The third-order valence-corrected chi connectivity index (χ3v) is 4.79. The Bertz CT molecular complexity index is 1040. The quantitative estimate of drug-likeness (QED) is 0.186. The van der Waals surface area contributed by atoms with E-state index in [9.17, 15) is 9.18 Å². The van der Waals surface area contributed by atoms with Gasteiger partial charge in [-0.3, -0.25) is 4.79 Å². The summed E-state index contributed by atoms with van der Waals surface area (Å²) >= 11 is 0. The maximum Gasteiger partial charge on any atom is 0.242 e. The van der Waals surface area contributed by atoms with E-state index in [1.807, 2.05) is 37.4 Å². The number of nitrogens with zero attached hydrogens (tertiary/aromatic N) is 1. The summed E-state index contributed by atoms with van der Waals surface area (Å²) in [5.74, 6) is 0.920. The summed E-state index contributed by atoms with van der Waals surface area (Å²) in [7, 11) is 1.62. The van der Waals surface area contributed by atoms with Gasteiger partial charge in [0.15, 0.2) is 5.96 Å². The summed E-state index contributed by atoms with van der Waals surface area (Å²) in [6.45, 7) is 3.69. The van der Waals surface area contributed by atoms with Crippen molar-refractivity contribution in [3.05, 3.63) is 65.6 Å². The van der Waals surface area contributed by atoms with Crippen molar-refractivity contribution in [1.82, 2.24) is 20.9 Å². The number of halogens is 2. The molecule has 0 aliphatic carbocycles. The Hall–Kier alpha value is -2.82. The Morgan fingerprint density at radius 2 is 1.91 bits per heavy atom. The fourth-order valence-corrected chi connectivity index (χ4v) is 3.17. The van der Waals surface area contributed by atoms with Crippen LogP contribution in [0.5, 0.6) is 5.75 Å². The average Bonchev–Trinajstić information content (AvgIpc) is 3.18. The van der Waals surface area contributed by atoms with Crippen LogP contribution >= 0.6 is 24.0 Å². The number of rotatable bonds is 9. The molecule has 0 saturated heterocycles. The molecule has 1 amide bonds. The molecule has 0 atom stereocenters. The second kappa shape index (κ2) is 12.9. The number of guanidine groups is 1. The van der Waals surface area contributed by atoms with Crippen LogP contribution < -0.4 is 20.7 Å². The number of H-pyrrole nitrogens is 1. The second-order valence-corrected chi connectivity index (χ2v) is 7.00. The number of methoxy groups -OCH3 is 1. The minimum atomic E-state index is -0.253. The monoisotopic (exact) mass is 553 g/mol. The average molecular weight is 553 g/mol. The van der Waals surface area contributed by atoms with E-state index in [1.165, 1.54) is 12.1 Å². The molecule has 0 aliphatic heterocycles. The molecule has 2 aromatic carbocycles. The lowest BCUT2D eigenvalue weighted by atomic mass is 10.1. The summed E-state index contributed by atoms with van der Waals surface area (Å²) in [6.07, 6.45) is 2.58. The van der Waals surface area contributed by atoms with Crippen molar-refractivity contribution in [1.29, 1.82) is 0 Å². The van der Waals surface area contributed by atoms with Gasteiger partial charge in [-0.25, -0.2) is 9.38 Å². The number of hydrogen-bond acceptors (Lipinski definition) is 3. The van der Waals surface area contributed by atoms with Gasteiger partial charge in [0.2, 0.25) is 5.91 Å². The lowest BCUT2D eigenvalue weighted by Crippen LogP contribution is -2.39. The van der Waals surface area contributed by atoms with E-state index < -0.39 is 0 Å². The molecule has 0 bridgehead atoms. The smallest absolute Gasteiger partial charge is 0.242 e. The van der Waals surface area contributed by atoms with Gasteiger partial charge in [0.25, 0.3) is 0 Å². The molecule has 0 spiro atoms. The number of aromatic amines is 1. The molecule has 1 aromatic heterocycles. The first-order valence-corrected chi connectivity index (χ1v) is 10.3. The van der Waals surface area contributed by atoms with Crippen LogP contribution in [0.2, 0.25) is 0 Å². The van der Waals surface area contributed by atoms with E-state index in [0.717, 1.165) is 27.8 Å². The van der Waals surface area contributed by atoms with Crippen LogP contribution in [0.25, 0.3) is 10.9 Å². The second-order valence-electron chi connectivity index (χ2n) is 7.00. The van der Waals surface area contributed by atoms with Crippen molar-refractivity contribution >= 4 is 46.7 Å². The summed E-state index contributed by atoms with van der Waals surface area (Å²) in [4.78, 5) is 19.6. The van der Waals surface area contributed by atoms with Gasteiger partial charge in [0, 0.05) is 36.7 Å². The largest absolute Gasteiger partial charge is 0.497 e. The highest BCUT2D eigenvalue weighted by Gasteiger charge is 2.06. The van der Waals surface area contributed by atoms with Gasteiger partial charge in [-0.2, -0.15) is 0 Å². The third-order valence-electron chi connectivity index (χ3n) is 4.79. The number of carbonyl (C=O) groups excluding carboxylic acids is 1. The molecule has 0 fully saturated rings. The van der Waals surface area contributed by atoms with E-state index in [0.29, 0.717) is 32.0 Å². The lowest BCUT2D eigenvalue weighted by molar-refractivity contribution is -0.119. The van der Waals surface area contributed by atoms with Gasteiger partial charge < -0.3 is 25.7 Å². The summed E-state index contributed by atoms with van der Waals surface area (Å²) < 4.78 is 18.7. The molecule has 4 N–H and O–H groups in total. The molecule has 3 rings (SSSR count). The molecule has 7 nitrogen and oxygen atoms in total. The Kier molecular flexibility index (Phi) is 10.3. The van der Waals surface area contributed by atoms with Crippen LogP contribution in [0, 0.1) is 5.82 Å². The maximum absolute atomic E-state index is 13.5. The summed E-state index contributed by atoms with van der Waals surface area (Å²) in [6, 6.07) is 12.2. The maximum atomic E-state index is 13.5. The zero-order valence-corrected chi connectivity index (χ0v) is 20.5. The Morgan fingerprint density at radius 1 is 1.12 bits per heavy atom. The van der Waals surface area contributed by atoms with E-state index >= 15 is 0 Å². The molecule has 1 heterocycles. The predicted molar refractivity (Wildman–Crippen MR) is 136 cm³/mol. The van der Waals surface area contributed by atoms with E-state index in [1.54, 1.807) is 13.2 Å². The summed E-state index contributed by atoms with van der Waals surface area (Å²) in [5, 5.41) is 10.1. The number of aliphatic imine (C=N–C) groups is 1. The zero-order chi connectivity index (χ0) is 22.1. The van der Waals surface area contributed by atoms with E-state index in [4.69, 9.17) is 4.74 Å². The number of hydrogen-bond donors (Lipinski definition) is 4. The fourth-order valence-electron chi connectivity index (χ4n) is 3.17. The van der Waals surface area contributed by atoms with Crippen molar-refractivity contribution in [2.75, 3.05) is 26.7 Å². The van der Waals surface area contributed by atoms with Crippen molar-refractivity contribution in [3.63, 3.8) is 0 Å². The molecule has 9 heteroatoms. The van der Waals surface area contributed by atoms with E-state index in [2.05, 4.69) is 25.9 Å². The molecule has 3 aromatic rings. The number of carbonyl (C=O) groups is 1. The van der Waals surface area contributed by atoms with Crippen LogP contribution in [0.4, 0.5) is 4.39 Å². The van der Waals surface area contributed by atoms with Crippen molar-refractivity contribution in [3.8, 4) is 5.75 Å². The first kappa shape index (κ1) is 25.4. The standard InChI is InChI=1S/C23H28FN5O2.HI/c1-3-25-23(26-11-10-17-14-27-21-9-6-18(24)12-20(17)21)29-15-22(30)28-13-16-4-7-19(31-2)8-5-16;/h4-9,12,14,27H,3,10-11,13,15H2,1-2H3,(H,28,30)(H2,25,26,29);1H. The number of aromatic nitrogens is 1. The normalized spacial score (nSPS) is 11.0. The molecular weight excluding hydrogens is 524 g/mol. The van der Waals surface area contributed by atoms with Crippen LogP contribution in [0.15, 0.2) is 53.7 Å². The van der Waals surface area contributed by atoms with Crippen LogP contribution in [-0.4, -0.2) is 43.6 Å². The molecule has 172 valence electrons. The number of nitrogens with one attached hydrogen (secondary N) is 4. The lowest BCUT2D eigenvalue weighted by Gasteiger charge is -2.11. The Balaban J connectivity index is 0.00000363. The molecule has 32 heavy (non-hydrogen) atoms. The van der Waals surface area contributed by atoms with Gasteiger partial charge in [-0.05, 0) is 54.8 Å². The van der Waals surface area contributed by atoms with Crippen LogP contribution in [-0.2, 0) is 17.8 Å². The molecule has 0 radical (unpaired) electrons. The van der Waals surface area contributed by atoms with E-state index in [-0.39, 0.29) is 42.2 Å². The predicted octanol–water partition coefficient (Wildman–Crippen LogP) is 3.35. The van der Waals surface area contributed by atoms with Gasteiger partial charge in [0.1, 0.15) is 18.1 Å². The van der Waals surface area contributed by atoms with Crippen molar-refractivity contribution in [2.24, 2.45) is 4.99 Å². The molecule has 0 aliphatic rings. The zero-order valence-electron chi connectivity index (χ0n) is 18.2. The highest BCUT2D eigenvalue weighted by atomic mass is 127. The van der Waals surface area contributed by atoms with Crippen LogP contribution in [0.1, 0.15) is 18.1 Å². The molecule has 0 unspecified atom stereocenters. The number of fused-ring (bicyclic) bond motifs is 1. The Morgan fingerprint density at radius 3 is 2.62 bits per heavy atom. The fraction of sp³-hybridized carbons (Fsp3) is 0.304. The van der Waals surface area contributed by atoms with Crippen molar-refractivity contribution < 1.29 is 13.9 Å². The number of ether oxygens (including phenoxy) is 1. The number of benzene rings is 2. The SMILES string of the molecule is CCNC(=NCC(=O)NCc1ccc(OC)cc1)NCCc1c[nH]c2ccc(F)cc12.I. The minimum absolute atomic E-state index is 0. The van der Waals surface area contributed by atoms with Gasteiger partial charge in [-0.15, -0.1) is 24.0 Å². The van der Waals surface area contributed by atoms with Gasteiger partial charge in [0.05, 0.1) is 7.11 Å². The number of amides is 1. The first-order chi connectivity index (χ1) is 15.1. The first-order valence-electron chi connectivity index (χ1n) is 10.3. The highest BCUT2D eigenvalue weighted by Crippen LogP contribution is 2.19. The van der Waals surface area contributed by atoms with Gasteiger partial charge >= 0.3 is 0 Å². The summed E-state index contributed by atoms with van der Waals surface area (Å²) in [5.41, 5.74) is 2.92. The minimum Gasteiger partial charge on any atom is -0.497 e. The highest BCUT2D eigenvalue weighted by molar-refractivity contribution is 14.0. The van der Waals surface area contributed by atoms with Gasteiger partial charge in [-0.1, -0.05) is 12.1 Å². The topological polar surface area (TPSA) is 90.5 Å².